The second-order valence-electron chi connectivity index (χ2n) is 8.38. The summed E-state index contributed by atoms with van der Waals surface area (Å²) in [6.45, 7) is 1.79. The maximum absolute atomic E-state index is 13.7. The van der Waals surface area contributed by atoms with Crippen LogP contribution in [0.25, 0.3) is 0 Å². The number of carbonyl (C=O) groups is 2. The van der Waals surface area contributed by atoms with Crippen molar-refractivity contribution in [3.05, 3.63) is 112 Å². The first-order valence-electron chi connectivity index (χ1n) is 11.5. The number of hydrogen-bond donors (Lipinski definition) is 1. The highest BCUT2D eigenvalue weighted by atomic mass is 16.6. The molecule has 8 nitrogen and oxygen atoms in total. The van der Waals surface area contributed by atoms with Gasteiger partial charge in [0, 0.05) is 31.6 Å². The zero-order chi connectivity index (χ0) is 24.6. The van der Waals surface area contributed by atoms with Crippen LogP contribution < -0.4 is 5.32 Å². The number of morpholine rings is 1. The van der Waals surface area contributed by atoms with Crippen LogP contribution in [0.5, 0.6) is 0 Å². The van der Waals surface area contributed by atoms with Crippen molar-refractivity contribution in [2.24, 2.45) is 0 Å². The SMILES string of the molecule is O=C(N[C@H](Cc1ccc([N+](=O)[O-])cc1)C(=O)N1CCOCC1)C(c1ccccc1)c1ccccc1. The molecule has 1 heterocycles. The lowest BCUT2D eigenvalue weighted by molar-refractivity contribution is -0.384. The molecule has 0 saturated carbocycles. The van der Waals surface area contributed by atoms with Crippen molar-refractivity contribution in [3.63, 3.8) is 0 Å². The van der Waals surface area contributed by atoms with Gasteiger partial charge < -0.3 is 15.0 Å². The number of benzene rings is 3. The third kappa shape index (κ3) is 6.10. The highest BCUT2D eigenvalue weighted by Crippen LogP contribution is 2.25. The van der Waals surface area contributed by atoms with Crippen LogP contribution in [0.4, 0.5) is 5.69 Å². The molecule has 0 aromatic heterocycles. The smallest absolute Gasteiger partial charge is 0.269 e. The predicted octanol–water partition coefficient (Wildman–Crippen LogP) is 3.31. The Bertz CT molecular complexity index is 1110. The lowest BCUT2D eigenvalue weighted by atomic mass is 9.90. The summed E-state index contributed by atoms with van der Waals surface area (Å²) < 4.78 is 5.37. The van der Waals surface area contributed by atoms with Crippen LogP contribution in [0.15, 0.2) is 84.9 Å². The van der Waals surface area contributed by atoms with Crippen LogP contribution in [0, 0.1) is 10.1 Å². The fourth-order valence-electron chi connectivity index (χ4n) is 4.23. The number of carbonyl (C=O) groups excluding carboxylic acids is 2. The van der Waals surface area contributed by atoms with Gasteiger partial charge in [0.05, 0.1) is 24.1 Å². The van der Waals surface area contributed by atoms with Gasteiger partial charge >= 0.3 is 0 Å². The average molecular weight is 474 g/mol. The Morgan fingerprint density at radius 3 is 1.94 bits per heavy atom. The number of nitro benzene ring substituents is 1. The number of nitrogens with one attached hydrogen (secondary N) is 1. The van der Waals surface area contributed by atoms with Gasteiger partial charge in [0.1, 0.15) is 6.04 Å². The summed E-state index contributed by atoms with van der Waals surface area (Å²) in [6, 6.07) is 24.1. The Hall–Kier alpha value is -4.04. The summed E-state index contributed by atoms with van der Waals surface area (Å²) in [5.74, 6) is -1.06. The average Bonchev–Trinajstić information content (AvgIpc) is 2.90. The van der Waals surface area contributed by atoms with Crippen LogP contribution in [-0.2, 0) is 20.7 Å². The maximum atomic E-state index is 13.7. The molecule has 1 fully saturated rings. The molecule has 1 atom stereocenters. The molecule has 35 heavy (non-hydrogen) atoms. The van der Waals surface area contributed by atoms with Crippen molar-refractivity contribution in [3.8, 4) is 0 Å². The number of ether oxygens (including phenoxy) is 1. The molecule has 3 aromatic carbocycles. The number of rotatable bonds is 8. The molecular formula is C27H27N3O5. The molecule has 0 spiro atoms. The van der Waals surface area contributed by atoms with Crippen LogP contribution in [-0.4, -0.2) is 54.0 Å². The van der Waals surface area contributed by atoms with Gasteiger partial charge in [0.15, 0.2) is 0 Å². The molecule has 1 aliphatic rings. The second-order valence-corrected chi connectivity index (χ2v) is 8.38. The molecule has 1 N–H and O–H groups in total. The second kappa shape index (κ2) is 11.4. The highest BCUT2D eigenvalue weighted by Gasteiger charge is 2.31. The summed E-state index contributed by atoms with van der Waals surface area (Å²) in [5, 5.41) is 14.0. The van der Waals surface area contributed by atoms with Gasteiger partial charge in [-0.1, -0.05) is 72.8 Å². The van der Waals surface area contributed by atoms with Crippen molar-refractivity contribution in [1.82, 2.24) is 10.2 Å². The Kier molecular flexibility index (Phi) is 7.84. The van der Waals surface area contributed by atoms with Crippen molar-refractivity contribution < 1.29 is 19.2 Å². The summed E-state index contributed by atoms with van der Waals surface area (Å²) in [7, 11) is 0. The first-order chi connectivity index (χ1) is 17.0. The van der Waals surface area contributed by atoms with Crippen molar-refractivity contribution in [2.45, 2.75) is 18.4 Å². The topological polar surface area (TPSA) is 102 Å². The van der Waals surface area contributed by atoms with E-state index in [0.717, 1.165) is 16.7 Å². The van der Waals surface area contributed by atoms with E-state index in [1.807, 2.05) is 60.7 Å². The van der Waals surface area contributed by atoms with Gasteiger partial charge in [-0.3, -0.25) is 19.7 Å². The Balaban J connectivity index is 1.61. The van der Waals surface area contributed by atoms with Gasteiger partial charge in [-0.05, 0) is 16.7 Å². The standard InChI is InChI=1S/C27H27N3O5/c31-26(25(21-7-3-1-4-8-21)22-9-5-2-6-10-22)28-24(27(32)29-15-17-35-18-16-29)19-20-11-13-23(14-12-20)30(33)34/h1-14,24-25H,15-19H2,(H,28,31)/t24-/m1/s1. The number of nitro groups is 1. The Labute approximate surface area is 203 Å². The van der Waals surface area contributed by atoms with E-state index < -0.39 is 16.9 Å². The molecule has 0 aliphatic carbocycles. The number of non-ortho nitro benzene ring substituents is 1. The van der Waals surface area contributed by atoms with E-state index in [2.05, 4.69) is 5.32 Å². The van der Waals surface area contributed by atoms with E-state index in [1.54, 1.807) is 17.0 Å². The molecule has 1 saturated heterocycles. The highest BCUT2D eigenvalue weighted by molar-refractivity contribution is 5.92. The van der Waals surface area contributed by atoms with E-state index in [1.165, 1.54) is 12.1 Å². The van der Waals surface area contributed by atoms with Gasteiger partial charge in [-0.25, -0.2) is 0 Å². The lowest BCUT2D eigenvalue weighted by Gasteiger charge is -2.31. The zero-order valence-corrected chi connectivity index (χ0v) is 19.2. The van der Waals surface area contributed by atoms with Gasteiger partial charge in [0.25, 0.3) is 5.69 Å². The largest absolute Gasteiger partial charge is 0.378 e. The minimum atomic E-state index is -0.822. The number of amides is 2. The fraction of sp³-hybridized carbons (Fsp3) is 0.259. The first kappa shape index (κ1) is 24.1. The van der Waals surface area contributed by atoms with E-state index in [-0.39, 0.29) is 23.9 Å². The normalized spacial score (nSPS) is 14.4. The monoisotopic (exact) mass is 473 g/mol. The van der Waals surface area contributed by atoms with Crippen LogP contribution >= 0.6 is 0 Å². The number of hydrogen-bond acceptors (Lipinski definition) is 5. The lowest BCUT2D eigenvalue weighted by Crippen LogP contribution is -2.53. The molecule has 0 radical (unpaired) electrons. The third-order valence-corrected chi connectivity index (χ3v) is 6.05. The van der Waals surface area contributed by atoms with Crippen LogP contribution in [0.1, 0.15) is 22.6 Å². The summed E-state index contributed by atoms with van der Waals surface area (Å²) in [6.07, 6.45) is 0.218. The summed E-state index contributed by atoms with van der Waals surface area (Å²) >= 11 is 0. The predicted molar refractivity (Wildman–Crippen MR) is 131 cm³/mol. The van der Waals surface area contributed by atoms with Crippen LogP contribution in [0.3, 0.4) is 0 Å². The minimum absolute atomic E-state index is 0.0259. The fourth-order valence-corrected chi connectivity index (χ4v) is 4.23. The van der Waals surface area contributed by atoms with Crippen molar-refractivity contribution >= 4 is 17.5 Å². The van der Waals surface area contributed by atoms with E-state index in [9.17, 15) is 19.7 Å². The molecule has 0 unspecified atom stereocenters. The molecule has 1 aliphatic heterocycles. The summed E-state index contributed by atoms with van der Waals surface area (Å²) in [4.78, 5) is 39.4. The minimum Gasteiger partial charge on any atom is -0.378 e. The van der Waals surface area contributed by atoms with Crippen LogP contribution in [0.2, 0.25) is 0 Å². The third-order valence-electron chi connectivity index (χ3n) is 6.05. The zero-order valence-electron chi connectivity index (χ0n) is 19.2. The van der Waals surface area contributed by atoms with E-state index >= 15 is 0 Å². The molecular weight excluding hydrogens is 446 g/mol. The maximum Gasteiger partial charge on any atom is 0.269 e. The van der Waals surface area contributed by atoms with Gasteiger partial charge in [-0.15, -0.1) is 0 Å². The Morgan fingerprint density at radius 2 is 1.43 bits per heavy atom. The molecule has 4 rings (SSSR count). The van der Waals surface area contributed by atoms with Gasteiger partial charge in [-0.2, -0.15) is 0 Å². The van der Waals surface area contributed by atoms with E-state index in [4.69, 9.17) is 4.74 Å². The first-order valence-corrected chi connectivity index (χ1v) is 11.5. The van der Waals surface area contributed by atoms with Crippen molar-refractivity contribution in [2.75, 3.05) is 26.3 Å². The quantitative estimate of drug-likeness (QED) is 0.400. The molecule has 3 aromatic rings. The molecule has 2 amide bonds. The molecule has 180 valence electrons. The summed E-state index contributed by atoms with van der Waals surface area (Å²) in [5.41, 5.74) is 2.34. The Morgan fingerprint density at radius 1 is 0.886 bits per heavy atom. The van der Waals surface area contributed by atoms with Crippen molar-refractivity contribution in [1.29, 1.82) is 0 Å². The molecule has 0 bridgehead atoms. The molecule has 8 heteroatoms. The number of nitrogens with zero attached hydrogens (tertiary/aromatic N) is 2. The van der Waals surface area contributed by atoms with E-state index in [0.29, 0.717) is 26.3 Å². The van der Waals surface area contributed by atoms with Gasteiger partial charge in [0.2, 0.25) is 11.8 Å².